The predicted molar refractivity (Wildman–Crippen MR) is 130 cm³/mol. The molecule has 4 nitrogen and oxygen atoms in total. The maximum absolute atomic E-state index is 12.0. The van der Waals surface area contributed by atoms with Gasteiger partial charge in [-0.3, -0.25) is 9.59 Å². The van der Waals surface area contributed by atoms with Crippen LogP contribution in [0.1, 0.15) is 142 Å². The van der Waals surface area contributed by atoms with E-state index < -0.39 is 5.97 Å². The van der Waals surface area contributed by atoms with Crippen molar-refractivity contribution in [2.75, 3.05) is 0 Å². The monoisotopic (exact) mass is 438 g/mol. The molecule has 0 aliphatic carbocycles. The molecule has 0 amide bonds. The summed E-state index contributed by atoms with van der Waals surface area (Å²) < 4.78 is 5.56. The molecular formula is C27H50O4. The van der Waals surface area contributed by atoms with Crippen molar-refractivity contribution >= 4 is 11.9 Å². The van der Waals surface area contributed by atoms with Gasteiger partial charge in [0.1, 0.15) is 6.10 Å². The van der Waals surface area contributed by atoms with Gasteiger partial charge in [-0.05, 0) is 51.4 Å². The molecule has 0 saturated heterocycles. The van der Waals surface area contributed by atoms with Crippen LogP contribution in [0.4, 0.5) is 0 Å². The highest BCUT2D eigenvalue weighted by molar-refractivity contribution is 5.69. The van der Waals surface area contributed by atoms with Crippen LogP contribution in [0.5, 0.6) is 0 Å². The molecule has 0 aromatic carbocycles. The Balaban J connectivity index is 3.51. The molecule has 0 aliphatic heterocycles. The number of carbonyl (C=O) groups excluding carboxylic acids is 1. The number of aliphatic carboxylic acids is 1. The molecular weight excluding hydrogens is 388 g/mol. The third-order valence-corrected chi connectivity index (χ3v) is 5.72. The second-order valence-corrected chi connectivity index (χ2v) is 8.87. The van der Waals surface area contributed by atoms with Gasteiger partial charge in [0.25, 0.3) is 0 Å². The molecule has 0 spiro atoms. The lowest BCUT2D eigenvalue weighted by atomic mass is 10.1. The zero-order valence-electron chi connectivity index (χ0n) is 20.5. The predicted octanol–water partition coefficient (Wildman–Crippen LogP) is 8.38. The normalized spacial score (nSPS) is 12.3. The van der Waals surface area contributed by atoms with Crippen LogP contribution in [0, 0.1) is 0 Å². The fraction of sp³-hybridized carbons (Fsp3) is 0.852. The Morgan fingerprint density at radius 1 is 0.677 bits per heavy atom. The number of rotatable bonds is 23. The van der Waals surface area contributed by atoms with Crippen LogP contribution < -0.4 is 0 Å². The second kappa shape index (κ2) is 23.3. The Kier molecular flexibility index (Phi) is 22.4. The molecule has 0 bridgehead atoms. The molecule has 0 aromatic heterocycles. The SMILES string of the molecule is CCCCCCCCC/C=C\CCCCCCCC(=O)OC(CCC)CCCC(=O)O. The summed E-state index contributed by atoms with van der Waals surface area (Å²) in [4.78, 5) is 22.7. The molecule has 182 valence electrons. The van der Waals surface area contributed by atoms with Crippen molar-refractivity contribution in [2.24, 2.45) is 0 Å². The van der Waals surface area contributed by atoms with Gasteiger partial charge in [0.05, 0.1) is 0 Å². The summed E-state index contributed by atoms with van der Waals surface area (Å²) in [6, 6.07) is 0. The Labute approximate surface area is 192 Å². The summed E-state index contributed by atoms with van der Waals surface area (Å²) in [6.07, 6.45) is 25.8. The maximum atomic E-state index is 12.0. The number of ether oxygens (including phenoxy) is 1. The molecule has 0 aliphatic rings. The number of hydrogen-bond donors (Lipinski definition) is 1. The van der Waals surface area contributed by atoms with Crippen LogP contribution in [-0.2, 0) is 14.3 Å². The summed E-state index contributed by atoms with van der Waals surface area (Å²) in [7, 11) is 0. The largest absolute Gasteiger partial charge is 0.481 e. The van der Waals surface area contributed by atoms with Crippen LogP contribution in [-0.4, -0.2) is 23.1 Å². The number of carboxylic acids is 1. The minimum Gasteiger partial charge on any atom is -0.481 e. The zero-order valence-corrected chi connectivity index (χ0v) is 20.5. The maximum Gasteiger partial charge on any atom is 0.306 e. The number of carboxylic acid groups (broad SMARTS) is 1. The third kappa shape index (κ3) is 23.2. The van der Waals surface area contributed by atoms with Gasteiger partial charge in [-0.25, -0.2) is 0 Å². The quantitative estimate of drug-likeness (QED) is 0.0988. The van der Waals surface area contributed by atoms with Crippen molar-refractivity contribution in [3.8, 4) is 0 Å². The van der Waals surface area contributed by atoms with Crippen molar-refractivity contribution in [2.45, 2.75) is 148 Å². The zero-order chi connectivity index (χ0) is 23.0. The van der Waals surface area contributed by atoms with Crippen LogP contribution >= 0.6 is 0 Å². The second-order valence-electron chi connectivity index (χ2n) is 8.87. The molecule has 1 unspecified atom stereocenters. The van der Waals surface area contributed by atoms with Crippen LogP contribution in [0.25, 0.3) is 0 Å². The van der Waals surface area contributed by atoms with Gasteiger partial charge in [-0.2, -0.15) is 0 Å². The fourth-order valence-corrected chi connectivity index (χ4v) is 3.83. The molecule has 0 aromatic rings. The number of allylic oxidation sites excluding steroid dienone is 2. The van der Waals surface area contributed by atoms with Crippen LogP contribution in [0.2, 0.25) is 0 Å². The van der Waals surface area contributed by atoms with Gasteiger partial charge in [-0.1, -0.05) is 90.2 Å². The first-order valence-electron chi connectivity index (χ1n) is 13.2. The molecule has 0 rings (SSSR count). The van der Waals surface area contributed by atoms with Crippen LogP contribution in [0.3, 0.4) is 0 Å². The van der Waals surface area contributed by atoms with Crippen LogP contribution in [0.15, 0.2) is 12.2 Å². The molecule has 4 heteroatoms. The Morgan fingerprint density at radius 3 is 1.77 bits per heavy atom. The lowest BCUT2D eigenvalue weighted by molar-refractivity contribution is -0.150. The van der Waals surface area contributed by atoms with Gasteiger partial charge in [0.15, 0.2) is 0 Å². The molecule has 0 radical (unpaired) electrons. The number of esters is 1. The van der Waals surface area contributed by atoms with Gasteiger partial charge in [-0.15, -0.1) is 0 Å². The van der Waals surface area contributed by atoms with Gasteiger partial charge < -0.3 is 9.84 Å². The van der Waals surface area contributed by atoms with E-state index in [0.29, 0.717) is 19.3 Å². The van der Waals surface area contributed by atoms with Gasteiger partial charge in [0, 0.05) is 12.8 Å². The molecule has 0 fully saturated rings. The molecule has 31 heavy (non-hydrogen) atoms. The minimum atomic E-state index is -0.787. The highest BCUT2D eigenvalue weighted by Crippen LogP contribution is 2.14. The average molecular weight is 439 g/mol. The first-order chi connectivity index (χ1) is 15.1. The lowest BCUT2D eigenvalue weighted by Crippen LogP contribution is -2.18. The van der Waals surface area contributed by atoms with Crippen molar-refractivity contribution in [1.82, 2.24) is 0 Å². The van der Waals surface area contributed by atoms with Gasteiger partial charge >= 0.3 is 11.9 Å². The van der Waals surface area contributed by atoms with Crippen molar-refractivity contribution in [3.05, 3.63) is 12.2 Å². The third-order valence-electron chi connectivity index (χ3n) is 5.72. The summed E-state index contributed by atoms with van der Waals surface area (Å²) in [5.74, 6) is -0.910. The first-order valence-corrected chi connectivity index (χ1v) is 13.2. The molecule has 1 N–H and O–H groups in total. The van der Waals surface area contributed by atoms with Crippen molar-refractivity contribution < 1.29 is 19.4 Å². The first kappa shape index (κ1) is 29.7. The summed E-state index contributed by atoms with van der Waals surface area (Å²) >= 11 is 0. The Hall–Kier alpha value is -1.32. The smallest absolute Gasteiger partial charge is 0.306 e. The number of unbranched alkanes of at least 4 members (excludes halogenated alkanes) is 12. The van der Waals surface area contributed by atoms with E-state index in [4.69, 9.17) is 9.84 Å². The van der Waals surface area contributed by atoms with Gasteiger partial charge in [0.2, 0.25) is 0 Å². The van der Waals surface area contributed by atoms with E-state index in [-0.39, 0.29) is 18.5 Å². The van der Waals surface area contributed by atoms with E-state index in [1.165, 1.54) is 77.0 Å². The molecule has 0 saturated carbocycles. The molecule has 0 heterocycles. The molecule has 1 atom stereocenters. The van der Waals surface area contributed by atoms with E-state index in [1.807, 2.05) is 0 Å². The van der Waals surface area contributed by atoms with Crippen molar-refractivity contribution in [3.63, 3.8) is 0 Å². The topological polar surface area (TPSA) is 63.6 Å². The summed E-state index contributed by atoms with van der Waals surface area (Å²) in [6.45, 7) is 4.32. The number of carbonyl (C=O) groups is 2. The van der Waals surface area contributed by atoms with E-state index in [0.717, 1.165) is 25.7 Å². The van der Waals surface area contributed by atoms with E-state index in [9.17, 15) is 9.59 Å². The minimum absolute atomic E-state index is 0.121. The lowest BCUT2D eigenvalue weighted by Gasteiger charge is -2.17. The van der Waals surface area contributed by atoms with E-state index in [1.54, 1.807) is 0 Å². The standard InChI is InChI=1S/C27H50O4/c1-3-5-6-7-8-9-10-11-12-13-14-15-16-17-18-19-24-27(30)31-25(21-4-2)22-20-23-26(28)29/h12-13,25H,3-11,14-24H2,1-2H3,(H,28,29)/b13-12-. The van der Waals surface area contributed by atoms with E-state index in [2.05, 4.69) is 26.0 Å². The van der Waals surface area contributed by atoms with Crippen molar-refractivity contribution in [1.29, 1.82) is 0 Å². The summed E-state index contributed by atoms with van der Waals surface area (Å²) in [5, 5.41) is 8.74. The Bertz CT molecular complexity index is 445. The highest BCUT2D eigenvalue weighted by atomic mass is 16.5. The number of hydrogen-bond acceptors (Lipinski definition) is 3. The Morgan fingerprint density at radius 2 is 1.23 bits per heavy atom. The highest BCUT2D eigenvalue weighted by Gasteiger charge is 2.14. The average Bonchev–Trinajstić information content (AvgIpc) is 2.73. The fourth-order valence-electron chi connectivity index (χ4n) is 3.83. The van der Waals surface area contributed by atoms with E-state index >= 15 is 0 Å². The summed E-state index contributed by atoms with van der Waals surface area (Å²) in [5.41, 5.74) is 0.